The summed E-state index contributed by atoms with van der Waals surface area (Å²) < 4.78 is 10.4. The van der Waals surface area contributed by atoms with E-state index in [9.17, 15) is 9.59 Å². The minimum absolute atomic E-state index is 0.0842. The molecule has 24 heavy (non-hydrogen) atoms. The Morgan fingerprint density at radius 1 is 1.04 bits per heavy atom. The zero-order valence-corrected chi connectivity index (χ0v) is 13.1. The Hall–Kier alpha value is -2.99. The van der Waals surface area contributed by atoms with Gasteiger partial charge in [0.05, 0.1) is 23.6 Å². The second kappa shape index (κ2) is 6.64. The number of carbonyl (C=O) groups excluding carboxylic acids is 2. The first-order valence-corrected chi connectivity index (χ1v) is 7.39. The van der Waals surface area contributed by atoms with Crippen LogP contribution in [0.1, 0.15) is 20.8 Å². The third-order valence-corrected chi connectivity index (χ3v) is 3.63. The van der Waals surface area contributed by atoms with E-state index in [0.717, 1.165) is 11.6 Å². The highest BCUT2D eigenvalue weighted by Crippen LogP contribution is 2.25. The molecular formula is C18H16N2O4. The number of benzene rings is 1. The molecule has 1 heterocycles. The van der Waals surface area contributed by atoms with Crippen molar-refractivity contribution in [2.75, 3.05) is 20.3 Å². The lowest BCUT2D eigenvalue weighted by molar-refractivity contribution is 0.0979. The molecule has 0 unspecified atom stereocenters. The van der Waals surface area contributed by atoms with Gasteiger partial charge in [0.1, 0.15) is 18.1 Å². The quantitative estimate of drug-likeness (QED) is 0.846. The van der Waals surface area contributed by atoms with Crippen LogP contribution in [0.15, 0.2) is 48.2 Å². The minimum atomic E-state index is -0.425. The molecule has 6 nitrogen and oxygen atoms in total. The molecule has 1 aliphatic rings. The molecule has 1 aromatic heterocycles. The number of ether oxygens (including phenoxy) is 2. The largest absolute Gasteiger partial charge is 0.491 e. The number of pyridine rings is 1. The fraction of sp³-hybridized carbons (Fsp3) is 0.167. The lowest BCUT2D eigenvalue weighted by Crippen LogP contribution is -2.23. The Labute approximate surface area is 138 Å². The van der Waals surface area contributed by atoms with Gasteiger partial charge in [-0.15, -0.1) is 0 Å². The number of allylic oxidation sites excluding steroid dienone is 2. The van der Waals surface area contributed by atoms with Crippen LogP contribution < -0.4 is 10.5 Å². The molecule has 0 bridgehead atoms. The fourth-order valence-electron chi connectivity index (χ4n) is 2.38. The molecule has 2 N–H and O–H groups in total. The summed E-state index contributed by atoms with van der Waals surface area (Å²) in [6.07, 6.45) is 1.14. The van der Waals surface area contributed by atoms with Crippen molar-refractivity contribution in [1.29, 1.82) is 0 Å². The number of hydrogen-bond acceptors (Lipinski definition) is 6. The van der Waals surface area contributed by atoms with Gasteiger partial charge in [0.25, 0.3) is 0 Å². The number of Topliss-reactive ketones (excluding diaryl/α,β-unsaturated/α-hetero) is 1. The Balaban J connectivity index is 1.86. The molecule has 2 aromatic rings. The summed E-state index contributed by atoms with van der Waals surface area (Å²) in [6.45, 7) is 0.981. The molecule has 0 saturated heterocycles. The molecule has 1 aromatic carbocycles. The number of rotatable bonds is 5. The molecule has 0 fully saturated rings. The first-order chi connectivity index (χ1) is 11.6. The van der Waals surface area contributed by atoms with Crippen molar-refractivity contribution in [3.05, 3.63) is 59.4 Å². The van der Waals surface area contributed by atoms with Gasteiger partial charge in [0.2, 0.25) is 5.78 Å². The number of nitrogens with zero attached hydrogens (tertiary/aromatic N) is 1. The van der Waals surface area contributed by atoms with E-state index in [2.05, 4.69) is 4.98 Å². The fourth-order valence-corrected chi connectivity index (χ4v) is 2.38. The summed E-state index contributed by atoms with van der Waals surface area (Å²) in [7, 11) is 1.61. The summed E-state index contributed by atoms with van der Waals surface area (Å²) in [4.78, 5) is 28.3. The highest BCUT2D eigenvalue weighted by Gasteiger charge is 2.25. The Kier molecular flexibility index (Phi) is 4.39. The van der Waals surface area contributed by atoms with E-state index in [1.807, 2.05) is 24.3 Å². The average molecular weight is 324 g/mol. The van der Waals surface area contributed by atoms with Crippen LogP contribution in [0, 0.1) is 0 Å². The maximum atomic E-state index is 12.1. The zero-order chi connectivity index (χ0) is 17.1. The normalized spacial score (nSPS) is 13.5. The minimum Gasteiger partial charge on any atom is -0.491 e. The van der Waals surface area contributed by atoms with Crippen LogP contribution in [-0.2, 0) is 4.74 Å². The van der Waals surface area contributed by atoms with Crippen LogP contribution in [0.25, 0.3) is 11.3 Å². The van der Waals surface area contributed by atoms with E-state index >= 15 is 0 Å². The summed E-state index contributed by atoms with van der Waals surface area (Å²) in [6, 6.07) is 10.6. The molecule has 0 amide bonds. The lowest BCUT2D eigenvalue weighted by atomic mass is 9.96. The number of methoxy groups -OCH3 is 1. The second-order valence-electron chi connectivity index (χ2n) is 5.25. The van der Waals surface area contributed by atoms with Crippen molar-refractivity contribution < 1.29 is 19.1 Å². The van der Waals surface area contributed by atoms with Gasteiger partial charge in [0, 0.05) is 18.7 Å². The van der Waals surface area contributed by atoms with E-state index in [4.69, 9.17) is 15.2 Å². The van der Waals surface area contributed by atoms with Crippen LogP contribution in [0.2, 0.25) is 0 Å². The van der Waals surface area contributed by atoms with E-state index in [-0.39, 0.29) is 22.7 Å². The molecule has 0 spiro atoms. The molecule has 0 aliphatic heterocycles. The monoisotopic (exact) mass is 324 g/mol. The van der Waals surface area contributed by atoms with Crippen LogP contribution in [0.5, 0.6) is 5.75 Å². The molecule has 0 atom stereocenters. The van der Waals surface area contributed by atoms with Gasteiger partial charge in [-0.2, -0.15) is 0 Å². The molecule has 6 heteroatoms. The Bertz CT molecular complexity index is 825. The van der Waals surface area contributed by atoms with Gasteiger partial charge in [-0.1, -0.05) is 0 Å². The number of carbonyl (C=O) groups is 2. The average Bonchev–Trinajstić information content (AvgIpc) is 2.60. The molecule has 3 rings (SSSR count). The SMILES string of the molecule is COCCOc1ccc(-c2ccc3c(n2)C(=O)C(N)=CC3=O)cc1. The summed E-state index contributed by atoms with van der Waals surface area (Å²) in [5.41, 5.74) is 7.26. The van der Waals surface area contributed by atoms with Crippen molar-refractivity contribution in [3.63, 3.8) is 0 Å². The highest BCUT2D eigenvalue weighted by molar-refractivity contribution is 6.23. The van der Waals surface area contributed by atoms with Gasteiger partial charge < -0.3 is 15.2 Å². The van der Waals surface area contributed by atoms with E-state index in [0.29, 0.717) is 24.7 Å². The number of nitrogens with two attached hydrogens (primary N) is 1. The Morgan fingerprint density at radius 2 is 1.79 bits per heavy atom. The van der Waals surface area contributed by atoms with Crippen LogP contribution in [0.3, 0.4) is 0 Å². The molecule has 1 aliphatic carbocycles. The van der Waals surface area contributed by atoms with Crippen LogP contribution in [-0.4, -0.2) is 36.9 Å². The standard InChI is InChI=1S/C18H16N2O4/c1-23-8-9-24-12-4-2-11(3-5-12)15-7-6-13-16(21)10-14(19)18(22)17(13)20-15/h2-7,10H,8-9,19H2,1H3. The van der Waals surface area contributed by atoms with E-state index in [1.165, 1.54) is 0 Å². The summed E-state index contributed by atoms with van der Waals surface area (Å²) in [5, 5.41) is 0. The lowest BCUT2D eigenvalue weighted by Gasteiger charge is -2.13. The van der Waals surface area contributed by atoms with Crippen molar-refractivity contribution in [1.82, 2.24) is 4.98 Å². The molecule has 122 valence electrons. The van der Waals surface area contributed by atoms with Crippen molar-refractivity contribution in [3.8, 4) is 17.0 Å². The van der Waals surface area contributed by atoms with Crippen molar-refractivity contribution >= 4 is 11.6 Å². The number of aromatic nitrogens is 1. The summed E-state index contributed by atoms with van der Waals surface area (Å²) in [5.74, 6) is -0.0128. The zero-order valence-electron chi connectivity index (χ0n) is 13.1. The molecule has 0 radical (unpaired) electrons. The van der Waals surface area contributed by atoms with E-state index in [1.54, 1.807) is 19.2 Å². The van der Waals surface area contributed by atoms with Gasteiger partial charge in [0.15, 0.2) is 5.78 Å². The first-order valence-electron chi connectivity index (χ1n) is 7.39. The third kappa shape index (κ3) is 3.04. The van der Waals surface area contributed by atoms with Gasteiger partial charge in [-0.3, -0.25) is 9.59 Å². The van der Waals surface area contributed by atoms with Gasteiger partial charge in [-0.25, -0.2) is 4.98 Å². The number of fused-ring (bicyclic) bond motifs is 1. The van der Waals surface area contributed by atoms with Gasteiger partial charge in [-0.05, 0) is 36.4 Å². The smallest absolute Gasteiger partial charge is 0.227 e. The summed E-state index contributed by atoms with van der Waals surface area (Å²) >= 11 is 0. The van der Waals surface area contributed by atoms with Crippen LogP contribution >= 0.6 is 0 Å². The highest BCUT2D eigenvalue weighted by atomic mass is 16.5. The van der Waals surface area contributed by atoms with Gasteiger partial charge >= 0.3 is 0 Å². The predicted molar refractivity (Wildman–Crippen MR) is 88.0 cm³/mol. The molecular weight excluding hydrogens is 308 g/mol. The predicted octanol–water partition coefficient (Wildman–Crippen LogP) is 2.00. The van der Waals surface area contributed by atoms with Crippen LogP contribution in [0.4, 0.5) is 0 Å². The number of hydrogen-bond donors (Lipinski definition) is 1. The van der Waals surface area contributed by atoms with E-state index < -0.39 is 5.78 Å². The maximum Gasteiger partial charge on any atom is 0.227 e. The second-order valence-corrected chi connectivity index (χ2v) is 5.25. The topological polar surface area (TPSA) is 91.5 Å². The Morgan fingerprint density at radius 3 is 2.50 bits per heavy atom. The molecule has 0 saturated carbocycles. The number of ketones is 2. The first kappa shape index (κ1) is 15.9. The third-order valence-electron chi connectivity index (χ3n) is 3.63. The van der Waals surface area contributed by atoms with Crippen molar-refractivity contribution in [2.24, 2.45) is 5.73 Å². The van der Waals surface area contributed by atoms with Crippen molar-refractivity contribution in [2.45, 2.75) is 0 Å². The maximum absolute atomic E-state index is 12.1.